The minimum absolute atomic E-state index is 0.110. The molecular weight excluding hydrogens is 482 g/mol. The van der Waals surface area contributed by atoms with Crippen LogP contribution in [0.1, 0.15) is 45.7 Å². The van der Waals surface area contributed by atoms with E-state index in [9.17, 15) is 19.0 Å². The topological polar surface area (TPSA) is 140 Å². The van der Waals surface area contributed by atoms with Gasteiger partial charge in [0.1, 0.15) is 10.6 Å². The number of carbonyl (C=O) groups excluding carboxylic acids is 1. The number of hydrogen-bond acceptors (Lipinski definition) is 8. The molecule has 1 saturated heterocycles. The van der Waals surface area contributed by atoms with Crippen LogP contribution >= 0.6 is 10.6 Å². The van der Waals surface area contributed by atoms with Gasteiger partial charge in [-0.25, -0.2) is 14.8 Å². The molecule has 2 aromatic rings. The number of rotatable bonds is 8. The van der Waals surface area contributed by atoms with E-state index in [1.54, 1.807) is 33.0 Å². The number of morpholine rings is 1. The molecule has 2 amide bonds. The van der Waals surface area contributed by atoms with Crippen molar-refractivity contribution < 1.29 is 23.7 Å². The molecule has 0 radical (unpaired) electrons. The van der Waals surface area contributed by atoms with Crippen LogP contribution < -0.4 is 15.5 Å². The van der Waals surface area contributed by atoms with Crippen molar-refractivity contribution in [3.8, 4) is 11.4 Å². The molecule has 5 N–H and O–H groups in total. The zero-order valence-corrected chi connectivity index (χ0v) is 22.1. The van der Waals surface area contributed by atoms with E-state index in [4.69, 9.17) is 14.7 Å². The van der Waals surface area contributed by atoms with Gasteiger partial charge in [-0.1, -0.05) is 0 Å². The van der Waals surface area contributed by atoms with Crippen LogP contribution in [0.2, 0.25) is 0 Å². The maximum absolute atomic E-state index is 11.6. The van der Waals surface area contributed by atoms with Crippen molar-refractivity contribution in [2.45, 2.75) is 56.4 Å². The summed E-state index contributed by atoms with van der Waals surface area (Å²) in [6, 6.07) is 8.92. The molecule has 0 spiro atoms. The van der Waals surface area contributed by atoms with E-state index >= 15 is 0 Å². The van der Waals surface area contributed by atoms with Gasteiger partial charge in [0, 0.05) is 36.7 Å². The van der Waals surface area contributed by atoms with Crippen molar-refractivity contribution in [2.24, 2.45) is 0 Å². The fourth-order valence-corrected chi connectivity index (χ4v) is 6.73. The van der Waals surface area contributed by atoms with Crippen molar-refractivity contribution in [1.82, 2.24) is 15.3 Å². The van der Waals surface area contributed by atoms with Crippen LogP contribution in [0.25, 0.3) is 11.4 Å². The highest BCUT2D eigenvalue weighted by atomic mass is 32.3. The SMILES string of the molecule is CNC(=O)Nc1ccc(-c2nc(N3CCOC[C@@H]3C)cc(C3(S(O)(O)CCC(C)(C)O)CC3)n2)cc1. The van der Waals surface area contributed by atoms with Crippen molar-refractivity contribution in [1.29, 1.82) is 0 Å². The smallest absolute Gasteiger partial charge is 0.318 e. The van der Waals surface area contributed by atoms with Gasteiger partial charge in [0.25, 0.3) is 0 Å². The lowest BCUT2D eigenvalue weighted by Crippen LogP contribution is -2.44. The van der Waals surface area contributed by atoms with Crippen LogP contribution in [0, 0.1) is 0 Å². The fourth-order valence-electron chi connectivity index (χ4n) is 4.36. The van der Waals surface area contributed by atoms with E-state index in [2.05, 4.69) is 22.5 Å². The minimum atomic E-state index is -3.07. The summed E-state index contributed by atoms with van der Waals surface area (Å²) in [7, 11) is -1.51. The first-order chi connectivity index (χ1) is 16.9. The van der Waals surface area contributed by atoms with Gasteiger partial charge in [0.05, 0.1) is 30.6 Å². The number of nitrogens with one attached hydrogen (secondary N) is 2. The molecule has 198 valence electrons. The summed E-state index contributed by atoms with van der Waals surface area (Å²) in [5.41, 5.74) is 1.01. The summed E-state index contributed by atoms with van der Waals surface area (Å²) in [5.74, 6) is 1.32. The Labute approximate surface area is 213 Å². The zero-order chi connectivity index (χ0) is 26.1. The molecule has 11 heteroatoms. The van der Waals surface area contributed by atoms with E-state index in [0.29, 0.717) is 49.8 Å². The Hall–Kier alpha value is -2.44. The summed E-state index contributed by atoms with van der Waals surface area (Å²) in [6.45, 7) is 7.26. The lowest BCUT2D eigenvalue weighted by atomic mass is 10.1. The van der Waals surface area contributed by atoms with E-state index in [1.807, 2.05) is 18.2 Å². The molecule has 0 bridgehead atoms. The van der Waals surface area contributed by atoms with Gasteiger partial charge in [-0.05, 0) is 64.3 Å². The second-order valence-electron chi connectivity index (χ2n) is 10.3. The molecule has 2 fully saturated rings. The lowest BCUT2D eigenvalue weighted by molar-refractivity contribution is 0.0765. The van der Waals surface area contributed by atoms with Crippen molar-refractivity contribution in [2.75, 3.05) is 42.8 Å². The maximum atomic E-state index is 11.6. The molecule has 1 aliphatic carbocycles. The van der Waals surface area contributed by atoms with Gasteiger partial charge in [0.15, 0.2) is 5.82 Å². The van der Waals surface area contributed by atoms with Gasteiger partial charge in [-0.3, -0.25) is 9.11 Å². The molecule has 1 aromatic carbocycles. The van der Waals surface area contributed by atoms with Crippen LogP contribution in [-0.2, 0) is 9.48 Å². The Kier molecular flexibility index (Phi) is 7.50. The largest absolute Gasteiger partial charge is 0.390 e. The normalized spacial score (nSPS) is 20.1. The van der Waals surface area contributed by atoms with Crippen LogP contribution in [0.5, 0.6) is 0 Å². The average molecular weight is 520 g/mol. The molecule has 1 aromatic heterocycles. The molecule has 0 unspecified atom stereocenters. The number of hydrogen-bond donors (Lipinski definition) is 5. The van der Waals surface area contributed by atoms with Crippen molar-refractivity contribution >= 4 is 28.1 Å². The molecule has 1 atom stereocenters. The molecule has 1 saturated carbocycles. The Morgan fingerprint density at radius 3 is 2.53 bits per heavy atom. The summed E-state index contributed by atoms with van der Waals surface area (Å²) >= 11 is 0. The van der Waals surface area contributed by atoms with Crippen LogP contribution in [0.3, 0.4) is 0 Å². The minimum Gasteiger partial charge on any atom is -0.390 e. The molecule has 36 heavy (non-hydrogen) atoms. The highest BCUT2D eigenvalue weighted by Gasteiger charge is 2.56. The number of urea groups is 1. The predicted octanol–water partition coefficient (Wildman–Crippen LogP) is 4.02. The number of aromatic nitrogens is 2. The first-order valence-electron chi connectivity index (χ1n) is 12.3. The summed E-state index contributed by atoms with van der Waals surface area (Å²) in [5, 5.41) is 15.4. The molecule has 2 heterocycles. The zero-order valence-electron chi connectivity index (χ0n) is 21.3. The van der Waals surface area contributed by atoms with E-state index < -0.39 is 20.9 Å². The average Bonchev–Trinajstić information content (AvgIpc) is 3.66. The lowest BCUT2D eigenvalue weighted by Gasteiger charge is -2.42. The third-order valence-corrected chi connectivity index (χ3v) is 9.44. The molecule has 10 nitrogen and oxygen atoms in total. The second kappa shape index (κ2) is 10.1. The number of ether oxygens (including phenoxy) is 1. The van der Waals surface area contributed by atoms with Gasteiger partial charge in [-0.15, -0.1) is 0 Å². The van der Waals surface area contributed by atoms with Gasteiger partial charge < -0.3 is 25.4 Å². The number of aliphatic hydroxyl groups is 1. The maximum Gasteiger partial charge on any atom is 0.318 e. The monoisotopic (exact) mass is 519 g/mol. The number of anilines is 2. The van der Waals surface area contributed by atoms with E-state index in [-0.39, 0.29) is 24.2 Å². The fraction of sp³-hybridized carbons (Fsp3) is 0.560. The van der Waals surface area contributed by atoms with Crippen LogP contribution in [0.15, 0.2) is 30.3 Å². The highest BCUT2D eigenvalue weighted by molar-refractivity contribution is 8.25. The van der Waals surface area contributed by atoms with Crippen molar-refractivity contribution in [3.05, 3.63) is 36.0 Å². The quantitative estimate of drug-likeness (QED) is 0.352. The van der Waals surface area contributed by atoms with E-state index in [1.165, 1.54) is 0 Å². The molecular formula is C25H37N5O5S. The second-order valence-corrected chi connectivity index (χ2v) is 12.8. The van der Waals surface area contributed by atoms with E-state index in [0.717, 1.165) is 11.4 Å². The number of nitrogens with zero attached hydrogens (tertiary/aromatic N) is 3. The number of benzene rings is 1. The van der Waals surface area contributed by atoms with Crippen LogP contribution in [-0.4, -0.2) is 74.4 Å². The molecule has 4 rings (SSSR count). The van der Waals surface area contributed by atoms with Gasteiger partial charge >= 0.3 is 6.03 Å². The summed E-state index contributed by atoms with van der Waals surface area (Å²) in [4.78, 5) is 23.5. The van der Waals surface area contributed by atoms with Gasteiger partial charge in [0.2, 0.25) is 0 Å². The highest BCUT2D eigenvalue weighted by Crippen LogP contribution is 2.72. The summed E-state index contributed by atoms with van der Waals surface area (Å²) < 4.78 is 27.3. The first-order valence-corrected chi connectivity index (χ1v) is 14.0. The standard InChI is InChI=1S/C25H37N5O5S/c1-17-16-35-13-12-30(17)21-15-20(25(9-10-25)36(33,34)14-11-24(2,3)32)28-22(29-21)18-5-7-19(8-6-18)27-23(31)26-4/h5-8,15,17,32-34H,9-14,16H2,1-4H3,(H2,26,27,31)/t17-/m0/s1. The first kappa shape index (κ1) is 26.6. The van der Waals surface area contributed by atoms with Gasteiger partial charge in [-0.2, -0.15) is 10.6 Å². The Morgan fingerprint density at radius 2 is 1.94 bits per heavy atom. The number of carbonyl (C=O) groups is 1. The Morgan fingerprint density at radius 1 is 1.25 bits per heavy atom. The number of amides is 2. The Balaban J connectivity index is 1.72. The molecule has 2 aliphatic rings. The third kappa shape index (κ3) is 5.76. The predicted molar refractivity (Wildman–Crippen MR) is 143 cm³/mol. The third-order valence-electron chi connectivity index (χ3n) is 6.80. The van der Waals surface area contributed by atoms with Crippen LogP contribution in [0.4, 0.5) is 16.3 Å². The summed E-state index contributed by atoms with van der Waals surface area (Å²) in [6.07, 6.45) is 1.51. The molecule has 1 aliphatic heterocycles. The Bertz CT molecular complexity index is 1090. The van der Waals surface area contributed by atoms with Crippen molar-refractivity contribution in [3.63, 3.8) is 0 Å².